The van der Waals surface area contributed by atoms with Gasteiger partial charge in [0.2, 0.25) is 0 Å². The van der Waals surface area contributed by atoms with Gasteiger partial charge in [0.25, 0.3) is 0 Å². The van der Waals surface area contributed by atoms with Gasteiger partial charge in [-0.2, -0.15) is 0 Å². The van der Waals surface area contributed by atoms with Crippen molar-refractivity contribution in [3.63, 3.8) is 0 Å². The van der Waals surface area contributed by atoms with Crippen LogP contribution in [0.25, 0.3) is 0 Å². The van der Waals surface area contributed by atoms with E-state index in [1.807, 2.05) is 6.92 Å². The van der Waals surface area contributed by atoms with Gasteiger partial charge < -0.3 is 5.32 Å². The first-order chi connectivity index (χ1) is 7.07. The van der Waals surface area contributed by atoms with E-state index >= 15 is 0 Å². The molecule has 0 radical (unpaired) electrons. The Labute approximate surface area is 95.6 Å². The molecule has 1 atom stereocenters. The van der Waals surface area contributed by atoms with E-state index in [2.05, 4.69) is 19.2 Å². The molecule has 0 saturated heterocycles. The molecule has 0 aliphatic carbocycles. The molecule has 3 heteroatoms. The minimum Gasteiger partial charge on any atom is -0.310 e. The Morgan fingerprint density at radius 3 is 2.60 bits per heavy atom. The fourth-order valence-electron chi connectivity index (χ4n) is 1.69. The summed E-state index contributed by atoms with van der Waals surface area (Å²) in [5, 5.41) is 3.46. The molecular formula is C12H17ClFN. The average Bonchev–Trinajstić information content (AvgIpc) is 2.19. The van der Waals surface area contributed by atoms with E-state index in [9.17, 15) is 4.39 Å². The predicted octanol–water partition coefficient (Wildman–Crippen LogP) is 3.79. The molecule has 0 saturated carbocycles. The number of rotatable bonds is 4. The van der Waals surface area contributed by atoms with E-state index < -0.39 is 0 Å². The van der Waals surface area contributed by atoms with Gasteiger partial charge in [0, 0.05) is 11.6 Å². The molecule has 0 fully saturated rings. The Hall–Kier alpha value is -0.600. The minimum absolute atomic E-state index is 0.0219. The highest BCUT2D eigenvalue weighted by Gasteiger charge is 2.19. The van der Waals surface area contributed by atoms with E-state index in [1.54, 1.807) is 18.2 Å². The monoisotopic (exact) mass is 229 g/mol. The zero-order valence-electron chi connectivity index (χ0n) is 9.35. The molecule has 1 nitrogen and oxygen atoms in total. The zero-order chi connectivity index (χ0) is 11.4. The molecule has 1 rings (SSSR count). The summed E-state index contributed by atoms with van der Waals surface area (Å²) in [5.74, 6) is 0.0248. The van der Waals surface area contributed by atoms with Crippen LogP contribution in [0, 0.1) is 11.7 Å². The van der Waals surface area contributed by atoms with Crippen LogP contribution < -0.4 is 5.32 Å². The largest absolute Gasteiger partial charge is 0.310 e. The molecule has 0 heterocycles. The van der Waals surface area contributed by atoms with Gasteiger partial charge in [0.15, 0.2) is 0 Å². The van der Waals surface area contributed by atoms with Crippen molar-refractivity contribution in [1.82, 2.24) is 5.32 Å². The Kier molecular flexibility index (Phi) is 4.55. The first-order valence-corrected chi connectivity index (χ1v) is 5.63. The Morgan fingerprint density at radius 2 is 2.07 bits per heavy atom. The van der Waals surface area contributed by atoms with Crippen molar-refractivity contribution in [2.75, 3.05) is 6.54 Å². The van der Waals surface area contributed by atoms with Crippen molar-refractivity contribution in [3.8, 4) is 0 Å². The molecule has 0 spiro atoms. The van der Waals surface area contributed by atoms with Gasteiger partial charge in [-0.1, -0.05) is 44.5 Å². The summed E-state index contributed by atoms with van der Waals surface area (Å²) in [6, 6.07) is 5.17. The molecule has 1 aromatic carbocycles. The van der Waals surface area contributed by atoms with Crippen LogP contribution in [0.4, 0.5) is 4.39 Å². The summed E-state index contributed by atoms with van der Waals surface area (Å²) < 4.78 is 13.8. The van der Waals surface area contributed by atoms with Crippen LogP contribution >= 0.6 is 11.6 Å². The average molecular weight is 230 g/mol. The van der Waals surface area contributed by atoms with Crippen molar-refractivity contribution in [3.05, 3.63) is 34.6 Å². The van der Waals surface area contributed by atoms with E-state index in [1.165, 1.54) is 0 Å². The van der Waals surface area contributed by atoms with Crippen LogP contribution in [0.5, 0.6) is 0 Å². The molecule has 0 amide bonds. The third kappa shape index (κ3) is 2.93. The summed E-state index contributed by atoms with van der Waals surface area (Å²) in [7, 11) is 0. The lowest BCUT2D eigenvalue weighted by Crippen LogP contribution is -2.26. The highest BCUT2D eigenvalue weighted by atomic mass is 35.5. The summed E-state index contributed by atoms with van der Waals surface area (Å²) >= 11 is 5.76. The van der Waals surface area contributed by atoms with Gasteiger partial charge in [0.1, 0.15) is 5.82 Å². The number of benzene rings is 1. The van der Waals surface area contributed by atoms with Crippen LogP contribution in [-0.2, 0) is 0 Å². The summed E-state index contributed by atoms with van der Waals surface area (Å²) in [6.45, 7) is 6.95. The van der Waals surface area contributed by atoms with Crippen LogP contribution in [0.3, 0.4) is 0 Å². The highest BCUT2D eigenvalue weighted by Crippen LogP contribution is 2.27. The number of halogens is 2. The lowest BCUT2D eigenvalue weighted by molar-refractivity contribution is 0.406. The van der Waals surface area contributed by atoms with Crippen molar-refractivity contribution >= 4 is 11.6 Å². The maximum absolute atomic E-state index is 13.8. The van der Waals surface area contributed by atoms with E-state index in [0.717, 1.165) is 6.54 Å². The number of hydrogen-bond acceptors (Lipinski definition) is 1. The van der Waals surface area contributed by atoms with Gasteiger partial charge in [-0.3, -0.25) is 0 Å². The van der Waals surface area contributed by atoms with Crippen molar-refractivity contribution in [1.29, 1.82) is 0 Å². The lowest BCUT2D eigenvalue weighted by atomic mass is 9.95. The van der Waals surface area contributed by atoms with Crippen molar-refractivity contribution in [2.45, 2.75) is 26.8 Å². The van der Waals surface area contributed by atoms with E-state index in [4.69, 9.17) is 11.6 Å². The zero-order valence-corrected chi connectivity index (χ0v) is 10.1. The Balaban J connectivity index is 3.05. The standard InChI is InChI=1S/C12H17ClFN/c1-4-15-12(8(2)3)9-6-5-7-10(13)11(9)14/h5-8,12,15H,4H2,1-3H3. The van der Waals surface area contributed by atoms with Gasteiger partial charge >= 0.3 is 0 Å². The maximum atomic E-state index is 13.8. The Morgan fingerprint density at radius 1 is 1.40 bits per heavy atom. The first-order valence-electron chi connectivity index (χ1n) is 5.25. The molecule has 0 aliphatic heterocycles. The molecular weight excluding hydrogens is 213 g/mol. The number of nitrogens with one attached hydrogen (secondary N) is 1. The Bertz CT molecular complexity index is 325. The lowest BCUT2D eigenvalue weighted by Gasteiger charge is -2.23. The fraction of sp³-hybridized carbons (Fsp3) is 0.500. The van der Waals surface area contributed by atoms with E-state index in [0.29, 0.717) is 11.5 Å². The molecule has 0 aromatic heterocycles. The fourth-order valence-corrected chi connectivity index (χ4v) is 1.87. The van der Waals surface area contributed by atoms with E-state index in [-0.39, 0.29) is 16.9 Å². The second-order valence-electron chi connectivity index (χ2n) is 3.92. The van der Waals surface area contributed by atoms with Gasteiger partial charge in [-0.05, 0) is 18.5 Å². The molecule has 1 N–H and O–H groups in total. The van der Waals surface area contributed by atoms with Crippen molar-refractivity contribution in [2.24, 2.45) is 5.92 Å². The summed E-state index contributed by atoms with van der Waals surface area (Å²) in [4.78, 5) is 0. The summed E-state index contributed by atoms with van der Waals surface area (Å²) in [5.41, 5.74) is 0.652. The smallest absolute Gasteiger partial charge is 0.146 e. The normalized spacial score (nSPS) is 13.2. The molecule has 15 heavy (non-hydrogen) atoms. The maximum Gasteiger partial charge on any atom is 0.146 e. The quantitative estimate of drug-likeness (QED) is 0.829. The third-order valence-corrected chi connectivity index (χ3v) is 2.70. The topological polar surface area (TPSA) is 12.0 Å². The molecule has 0 bridgehead atoms. The van der Waals surface area contributed by atoms with Crippen LogP contribution in [0.15, 0.2) is 18.2 Å². The van der Waals surface area contributed by atoms with Crippen LogP contribution in [-0.4, -0.2) is 6.54 Å². The third-order valence-electron chi connectivity index (χ3n) is 2.41. The number of hydrogen-bond donors (Lipinski definition) is 1. The molecule has 1 aromatic rings. The second kappa shape index (κ2) is 5.47. The van der Waals surface area contributed by atoms with Crippen LogP contribution in [0.1, 0.15) is 32.4 Å². The van der Waals surface area contributed by atoms with Crippen LogP contribution in [0.2, 0.25) is 5.02 Å². The van der Waals surface area contributed by atoms with Gasteiger partial charge in [-0.25, -0.2) is 4.39 Å². The summed E-state index contributed by atoms with van der Waals surface area (Å²) in [6.07, 6.45) is 0. The van der Waals surface area contributed by atoms with Crippen molar-refractivity contribution < 1.29 is 4.39 Å². The SMILES string of the molecule is CCNC(c1cccc(Cl)c1F)C(C)C. The van der Waals surface area contributed by atoms with Gasteiger partial charge in [0.05, 0.1) is 5.02 Å². The molecule has 84 valence electrons. The van der Waals surface area contributed by atoms with Gasteiger partial charge in [-0.15, -0.1) is 0 Å². The second-order valence-corrected chi connectivity index (χ2v) is 4.33. The minimum atomic E-state index is -0.307. The highest BCUT2D eigenvalue weighted by molar-refractivity contribution is 6.30. The molecule has 0 aliphatic rings. The molecule has 1 unspecified atom stereocenters. The first kappa shape index (κ1) is 12.5. The predicted molar refractivity (Wildman–Crippen MR) is 62.7 cm³/mol.